The zero-order valence-corrected chi connectivity index (χ0v) is 13.1. The lowest BCUT2D eigenvalue weighted by Crippen LogP contribution is -2.29. The summed E-state index contributed by atoms with van der Waals surface area (Å²) in [5.74, 6) is 2.63. The highest BCUT2D eigenvalue weighted by Crippen LogP contribution is 2.38. The molecule has 2 rings (SSSR count). The third kappa shape index (κ3) is 3.39. The van der Waals surface area contributed by atoms with Gasteiger partial charge in [-0.05, 0) is 37.2 Å². The molecule has 3 unspecified atom stereocenters. The second kappa shape index (κ2) is 6.68. The van der Waals surface area contributed by atoms with Crippen molar-refractivity contribution in [3.05, 3.63) is 22.7 Å². The van der Waals surface area contributed by atoms with E-state index in [1.165, 1.54) is 6.42 Å². The van der Waals surface area contributed by atoms with E-state index in [1.807, 2.05) is 0 Å². The van der Waals surface area contributed by atoms with Crippen molar-refractivity contribution < 1.29 is 14.6 Å². The molecule has 0 radical (unpaired) electrons. The van der Waals surface area contributed by atoms with Crippen LogP contribution in [0.1, 0.15) is 38.7 Å². The van der Waals surface area contributed by atoms with Gasteiger partial charge in [0, 0.05) is 16.7 Å². The Balaban J connectivity index is 2.20. The number of aliphatic hydroxyl groups is 1. The van der Waals surface area contributed by atoms with Gasteiger partial charge < -0.3 is 14.6 Å². The minimum Gasteiger partial charge on any atom is -0.493 e. The highest BCUT2D eigenvalue weighted by Gasteiger charge is 2.27. The number of benzene rings is 1. The molecule has 0 bridgehead atoms. The number of ether oxygens (including phenoxy) is 2. The maximum Gasteiger partial charge on any atom is 0.167 e. The third-order valence-corrected chi connectivity index (χ3v) is 4.54. The van der Waals surface area contributed by atoms with E-state index in [9.17, 15) is 5.11 Å². The quantitative estimate of drug-likeness (QED) is 0.911. The van der Waals surface area contributed by atoms with Crippen LogP contribution in [0.25, 0.3) is 0 Å². The van der Waals surface area contributed by atoms with Gasteiger partial charge in [-0.2, -0.15) is 0 Å². The lowest BCUT2D eigenvalue weighted by Gasteiger charge is -2.33. The summed E-state index contributed by atoms with van der Waals surface area (Å²) in [6.07, 6.45) is 3.44. The molecule has 0 amide bonds. The largest absolute Gasteiger partial charge is 0.493 e. The highest BCUT2D eigenvalue weighted by molar-refractivity contribution is 6.30. The van der Waals surface area contributed by atoms with Crippen molar-refractivity contribution in [2.24, 2.45) is 11.8 Å². The molecule has 1 N–H and O–H groups in total. The molecule has 0 saturated heterocycles. The molecule has 3 nitrogen and oxygen atoms in total. The molecule has 0 aliphatic heterocycles. The average Bonchev–Trinajstić information content (AvgIpc) is 2.44. The summed E-state index contributed by atoms with van der Waals surface area (Å²) >= 11 is 6.02. The predicted octanol–water partition coefficient (Wildman–Crippen LogP) is 4.04. The minimum absolute atomic E-state index is 0.106. The third-order valence-electron chi connectivity index (χ3n) is 4.32. The van der Waals surface area contributed by atoms with Crippen LogP contribution in [-0.4, -0.2) is 18.3 Å². The average molecular weight is 299 g/mol. The SMILES string of the molecule is COc1cc(Cl)cc(CO)c1OC1CCC(C)C(C)C1. The first-order chi connectivity index (χ1) is 9.55. The molecule has 112 valence electrons. The smallest absolute Gasteiger partial charge is 0.167 e. The standard InChI is InChI=1S/C16H23ClO3/c1-10-4-5-14(6-11(10)2)20-16-12(9-18)7-13(17)8-15(16)19-3/h7-8,10-11,14,18H,4-6,9H2,1-3H3. The van der Waals surface area contributed by atoms with Crippen molar-refractivity contribution in [2.45, 2.75) is 45.8 Å². The molecule has 1 fully saturated rings. The van der Waals surface area contributed by atoms with E-state index in [4.69, 9.17) is 21.1 Å². The summed E-state index contributed by atoms with van der Waals surface area (Å²) in [6.45, 7) is 4.46. The Hall–Kier alpha value is -0.930. The minimum atomic E-state index is -0.106. The van der Waals surface area contributed by atoms with Gasteiger partial charge in [-0.15, -0.1) is 0 Å². The van der Waals surface area contributed by atoms with E-state index in [0.717, 1.165) is 18.8 Å². The number of halogens is 1. The summed E-state index contributed by atoms with van der Waals surface area (Å²) in [5, 5.41) is 10.0. The molecule has 0 spiro atoms. The van der Waals surface area contributed by atoms with Crippen LogP contribution in [0.3, 0.4) is 0 Å². The molecule has 1 aromatic carbocycles. The Kier molecular flexibility index (Phi) is 5.17. The number of rotatable bonds is 4. The van der Waals surface area contributed by atoms with Crippen LogP contribution >= 0.6 is 11.6 Å². The van der Waals surface area contributed by atoms with Crippen molar-refractivity contribution in [3.63, 3.8) is 0 Å². The van der Waals surface area contributed by atoms with Gasteiger partial charge in [0.1, 0.15) is 0 Å². The summed E-state index contributed by atoms with van der Waals surface area (Å²) in [5.41, 5.74) is 0.681. The fourth-order valence-electron chi connectivity index (χ4n) is 2.80. The van der Waals surface area contributed by atoms with Crippen LogP contribution in [0.4, 0.5) is 0 Å². The fourth-order valence-corrected chi connectivity index (χ4v) is 3.03. The molecular formula is C16H23ClO3. The predicted molar refractivity (Wildman–Crippen MR) is 80.5 cm³/mol. The second-order valence-corrected chi connectivity index (χ2v) is 6.20. The lowest BCUT2D eigenvalue weighted by molar-refractivity contribution is 0.0951. The summed E-state index contributed by atoms with van der Waals surface area (Å²) in [4.78, 5) is 0. The molecule has 0 aromatic heterocycles. The van der Waals surface area contributed by atoms with Crippen LogP contribution in [0.5, 0.6) is 11.5 Å². The molecule has 3 atom stereocenters. The molecule has 1 aliphatic rings. The molecule has 1 aromatic rings. The Morgan fingerprint density at radius 2 is 2.00 bits per heavy atom. The van der Waals surface area contributed by atoms with Crippen molar-refractivity contribution in [3.8, 4) is 11.5 Å². The van der Waals surface area contributed by atoms with Crippen molar-refractivity contribution in [2.75, 3.05) is 7.11 Å². The summed E-state index contributed by atoms with van der Waals surface area (Å²) in [7, 11) is 1.59. The normalized spacial score (nSPS) is 26.4. The van der Waals surface area contributed by atoms with Gasteiger partial charge in [-0.3, -0.25) is 0 Å². The monoisotopic (exact) mass is 298 g/mol. The second-order valence-electron chi connectivity index (χ2n) is 5.76. The number of methoxy groups -OCH3 is 1. The Morgan fingerprint density at radius 3 is 2.60 bits per heavy atom. The van der Waals surface area contributed by atoms with Crippen LogP contribution in [-0.2, 0) is 6.61 Å². The van der Waals surface area contributed by atoms with Crippen LogP contribution in [0.2, 0.25) is 5.02 Å². The fraction of sp³-hybridized carbons (Fsp3) is 0.625. The molecule has 4 heteroatoms. The van der Waals surface area contributed by atoms with Gasteiger partial charge in [0.25, 0.3) is 0 Å². The van der Waals surface area contributed by atoms with E-state index >= 15 is 0 Å². The van der Waals surface area contributed by atoms with E-state index < -0.39 is 0 Å². The topological polar surface area (TPSA) is 38.7 Å². The van der Waals surface area contributed by atoms with Gasteiger partial charge in [0.15, 0.2) is 11.5 Å². The van der Waals surface area contributed by atoms with Crippen molar-refractivity contribution >= 4 is 11.6 Å². The first-order valence-corrected chi connectivity index (χ1v) is 7.56. The number of hydrogen-bond donors (Lipinski definition) is 1. The van der Waals surface area contributed by atoms with Gasteiger partial charge in [0.05, 0.1) is 19.8 Å². The number of hydrogen-bond acceptors (Lipinski definition) is 3. The van der Waals surface area contributed by atoms with E-state index in [2.05, 4.69) is 13.8 Å². The zero-order chi connectivity index (χ0) is 14.7. The Morgan fingerprint density at radius 1 is 1.25 bits per heavy atom. The van der Waals surface area contributed by atoms with Crippen LogP contribution in [0, 0.1) is 11.8 Å². The van der Waals surface area contributed by atoms with E-state index in [1.54, 1.807) is 19.2 Å². The highest BCUT2D eigenvalue weighted by atomic mass is 35.5. The molecule has 0 heterocycles. The van der Waals surface area contributed by atoms with Gasteiger partial charge in [-0.1, -0.05) is 25.4 Å². The maximum atomic E-state index is 9.49. The van der Waals surface area contributed by atoms with Crippen molar-refractivity contribution in [1.82, 2.24) is 0 Å². The first-order valence-electron chi connectivity index (χ1n) is 7.19. The van der Waals surface area contributed by atoms with E-state index in [-0.39, 0.29) is 12.7 Å². The van der Waals surface area contributed by atoms with Crippen LogP contribution in [0.15, 0.2) is 12.1 Å². The molecule has 20 heavy (non-hydrogen) atoms. The van der Waals surface area contributed by atoms with E-state index in [0.29, 0.717) is 28.0 Å². The van der Waals surface area contributed by atoms with Crippen molar-refractivity contribution in [1.29, 1.82) is 0 Å². The Bertz CT molecular complexity index is 436. The zero-order valence-electron chi connectivity index (χ0n) is 12.4. The van der Waals surface area contributed by atoms with Gasteiger partial charge >= 0.3 is 0 Å². The Labute approximate surface area is 125 Å². The van der Waals surface area contributed by atoms with Gasteiger partial charge in [-0.25, -0.2) is 0 Å². The van der Waals surface area contributed by atoms with Crippen LogP contribution < -0.4 is 9.47 Å². The molecule has 1 saturated carbocycles. The maximum absolute atomic E-state index is 9.49. The number of aliphatic hydroxyl groups excluding tert-OH is 1. The lowest BCUT2D eigenvalue weighted by atomic mass is 9.80. The molecule has 1 aliphatic carbocycles. The summed E-state index contributed by atoms with van der Waals surface area (Å²) < 4.78 is 11.5. The first kappa shape index (κ1) is 15.5. The summed E-state index contributed by atoms with van der Waals surface area (Å²) in [6, 6.07) is 3.46. The molecular weight excluding hydrogens is 276 g/mol. The van der Waals surface area contributed by atoms with Gasteiger partial charge in [0.2, 0.25) is 0 Å².